The molecule has 4 rings (SSSR count). The van der Waals surface area contributed by atoms with E-state index in [4.69, 9.17) is 4.74 Å². The fourth-order valence-corrected chi connectivity index (χ4v) is 3.82. The first kappa shape index (κ1) is 20.3. The van der Waals surface area contributed by atoms with Gasteiger partial charge < -0.3 is 10.1 Å². The van der Waals surface area contributed by atoms with Crippen molar-refractivity contribution >= 4 is 39.0 Å². The minimum absolute atomic E-state index is 0.186. The van der Waals surface area contributed by atoms with Gasteiger partial charge >= 0.3 is 0 Å². The maximum Gasteiger partial charge on any atom is 0.266 e. The highest BCUT2D eigenvalue weighted by atomic mass is 79.9. The number of thiophene rings is 1. The van der Waals surface area contributed by atoms with Gasteiger partial charge in [-0.05, 0) is 41.3 Å². The molecule has 8 heteroatoms. The van der Waals surface area contributed by atoms with Crippen LogP contribution >= 0.6 is 27.3 Å². The van der Waals surface area contributed by atoms with Crippen molar-refractivity contribution in [2.24, 2.45) is 0 Å². The highest BCUT2D eigenvalue weighted by Gasteiger charge is 2.12. The number of carbonyl (C=O) groups is 1. The van der Waals surface area contributed by atoms with E-state index in [-0.39, 0.29) is 18.3 Å². The minimum Gasteiger partial charge on any atom is -0.486 e. The van der Waals surface area contributed by atoms with Crippen molar-refractivity contribution in [3.05, 3.63) is 98.5 Å². The normalized spacial score (nSPS) is 10.7. The van der Waals surface area contributed by atoms with Crippen LogP contribution in [0.4, 0.5) is 10.2 Å². The summed E-state index contributed by atoms with van der Waals surface area (Å²) >= 11 is 4.72. The van der Waals surface area contributed by atoms with Gasteiger partial charge in [0.15, 0.2) is 17.4 Å². The van der Waals surface area contributed by atoms with Gasteiger partial charge in [-0.15, -0.1) is 11.3 Å². The van der Waals surface area contributed by atoms with Gasteiger partial charge in [0, 0.05) is 22.3 Å². The van der Waals surface area contributed by atoms with E-state index >= 15 is 0 Å². The van der Waals surface area contributed by atoms with E-state index in [0.717, 1.165) is 15.6 Å². The minimum atomic E-state index is -0.413. The second-order valence-electron chi connectivity index (χ2n) is 6.52. The average Bonchev–Trinajstić information content (AvgIpc) is 3.39. The standard InChI is InChI=1S/C22H17BrFN3O2S/c23-17-7-5-15(6-8-17)12-27-10-9-21(26-27)25-22(28)20-11-16(14-30-20)13-29-19-4-2-1-3-18(19)24/h1-11,14H,12-13H2,(H,25,26,28). The summed E-state index contributed by atoms with van der Waals surface area (Å²) < 4.78 is 21.9. The number of carbonyl (C=O) groups excluding carboxylic acids is 1. The number of anilines is 1. The van der Waals surface area contributed by atoms with E-state index in [9.17, 15) is 9.18 Å². The third-order valence-electron chi connectivity index (χ3n) is 4.25. The molecular formula is C22H17BrFN3O2S. The summed E-state index contributed by atoms with van der Waals surface area (Å²) in [6, 6.07) is 17.7. The molecule has 0 aliphatic heterocycles. The fourth-order valence-electron chi connectivity index (χ4n) is 2.76. The summed E-state index contributed by atoms with van der Waals surface area (Å²) in [5.74, 6) is 0.0103. The molecule has 1 amide bonds. The van der Waals surface area contributed by atoms with Crippen LogP contribution in [0.2, 0.25) is 0 Å². The number of hydrogen-bond acceptors (Lipinski definition) is 4. The zero-order valence-corrected chi connectivity index (χ0v) is 18.1. The summed E-state index contributed by atoms with van der Waals surface area (Å²) in [5, 5.41) is 9.02. The van der Waals surface area contributed by atoms with Crippen LogP contribution in [-0.4, -0.2) is 15.7 Å². The first-order valence-electron chi connectivity index (χ1n) is 9.11. The molecule has 0 spiro atoms. The molecule has 0 atom stereocenters. The molecule has 2 heterocycles. The molecule has 4 aromatic rings. The first-order chi connectivity index (χ1) is 14.6. The maximum absolute atomic E-state index is 13.6. The van der Waals surface area contributed by atoms with Crippen LogP contribution in [0, 0.1) is 5.82 Å². The lowest BCUT2D eigenvalue weighted by molar-refractivity contribution is 0.103. The molecule has 0 unspecified atom stereocenters. The predicted molar refractivity (Wildman–Crippen MR) is 118 cm³/mol. The SMILES string of the molecule is O=C(Nc1ccn(Cc2ccc(Br)cc2)n1)c1cc(COc2ccccc2F)cs1. The Balaban J connectivity index is 1.34. The summed E-state index contributed by atoms with van der Waals surface area (Å²) in [4.78, 5) is 13.0. The third-order valence-corrected chi connectivity index (χ3v) is 5.76. The Morgan fingerprint density at radius 3 is 2.73 bits per heavy atom. The van der Waals surface area contributed by atoms with Crippen LogP contribution in [-0.2, 0) is 13.2 Å². The van der Waals surface area contributed by atoms with Crippen molar-refractivity contribution in [2.45, 2.75) is 13.2 Å². The number of nitrogens with zero attached hydrogens (tertiary/aromatic N) is 2. The molecule has 0 aliphatic carbocycles. The van der Waals surface area contributed by atoms with Crippen molar-refractivity contribution < 1.29 is 13.9 Å². The Kier molecular flexibility index (Phi) is 6.25. The molecule has 2 aromatic heterocycles. The highest BCUT2D eigenvalue weighted by molar-refractivity contribution is 9.10. The average molecular weight is 486 g/mol. The fraction of sp³-hybridized carbons (Fsp3) is 0.0909. The van der Waals surface area contributed by atoms with Crippen LogP contribution in [0.1, 0.15) is 20.8 Å². The molecule has 2 aromatic carbocycles. The summed E-state index contributed by atoms with van der Waals surface area (Å²) in [7, 11) is 0. The number of ether oxygens (including phenoxy) is 1. The van der Waals surface area contributed by atoms with E-state index in [2.05, 4.69) is 26.3 Å². The van der Waals surface area contributed by atoms with E-state index in [1.807, 2.05) is 35.8 Å². The Bertz CT molecular complexity index is 1160. The third kappa shape index (κ3) is 5.14. The number of benzene rings is 2. The van der Waals surface area contributed by atoms with Crippen LogP contribution in [0.15, 0.2) is 76.7 Å². The van der Waals surface area contributed by atoms with Crippen molar-refractivity contribution in [3.63, 3.8) is 0 Å². The summed E-state index contributed by atoms with van der Waals surface area (Å²) in [6.45, 7) is 0.798. The number of aromatic nitrogens is 2. The van der Waals surface area contributed by atoms with Gasteiger partial charge in [-0.2, -0.15) is 5.10 Å². The van der Waals surface area contributed by atoms with Crippen molar-refractivity contribution in [1.29, 1.82) is 0 Å². The van der Waals surface area contributed by atoms with Gasteiger partial charge in [0.1, 0.15) is 6.61 Å². The zero-order valence-electron chi connectivity index (χ0n) is 15.7. The number of rotatable bonds is 7. The molecular weight excluding hydrogens is 469 g/mol. The molecule has 0 bridgehead atoms. The molecule has 0 saturated heterocycles. The lowest BCUT2D eigenvalue weighted by Gasteiger charge is -2.05. The number of amides is 1. The zero-order chi connectivity index (χ0) is 20.9. The smallest absolute Gasteiger partial charge is 0.266 e. The number of nitrogens with one attached hydrogen (secondary N) is 1. The largest absolute Gasteiger partial charge is 0.486 e. The molecule has 0 fully saturated rings. The Hall–Kier alpha value is -2.97. The van der Waals surface area contributed by atoms with Crippen LogP contribution < -0.4 is 10.1 Å². The van der Waals surface area contributed by atoms with Gasteiger partial charge in [0.05, 0.1) is 11.4 Å². The molecule has 5 nitrogen and oxygen atoms in total. The van der Waals surface area contributed by atoms with Crippen molar-refractivity contribution in [3.8, 4) is 5.75 Å². The first-order valence-corrected chi connectivity index (χ1v) is 10.8. The molecule has 0 saturated carbocycles. The molecule has 1 N–H and O–H groups in total. The Morgan fingerprint density at radius 2 is 1.93 bits per heavy atom. The lowest BCUT2D eigenvalue weighted by Crippen LogP contribution is -2.11. The molecule has 0 aliphatic rings. The van der Waals surface area contributed by atoms with E-state index in [0.29, 0.717) is 17.2 Å². The van der Waals surface area contributed by atoms with E-state index in [1.54, 1.807) is 35.0 Å². The predicted octanol–water partition coefficient (Wildman–Crippen LogP) is 5.73. The Morgan fingerprint density at radius 1 is 1.13 bits per heavy atom. The van der Waals surface area contributed by atoms with Crippen molar-refractivity contribution in [2.75, 3.05) is 5.32 Å². The number of para-hydroxylation sites is 1. The van der Waals surface area contributed by atoms with Gasteiger partial charge in [0.2, 0.25) is 0 Å². The summed E-state index contributed by atoms with van der Waals surface area (Å²) in [6.07, 6.45) is 1.82. The van der Waals surface area contributed by atoms with Crippen LogP contribution in [0.25, 0.3) is 0 Å². The number of hydrogen-bond donors (Lipinski definition) is 1. The van der Waals surface area contributed by atoms with Gasteiger partial charge in [-0.1, -0.05) is 40.2 Å². The Labute approximate surface area is 185 Å². The molecule has 152 valence electrons. The van der Waals surface area contributed by atoms with E-state index in [1.165, 1.54) is 17.4 Å². The quantitative estimate of drug-likeness (QED) is 0.363. The van der Waals surface area contributed by atoms with Crippen molar-refractivity contribution in [1.82, 2.24) is 9.78 Å². The molecule has 0 radical (unpaired) electrons. The van der Waals surface area contributed by atoms with Crippen LogP contribution in [0.3, 0.4) is 0 Å². The van der Waals surface area contributed by atoms with Gasteiger partial charge in [0.25, 0.3) is 5.91 Å². The second-order valence-corrected chi connectivity index (χ2v) is 8.34. The van der Waals surface area contributed by atoms with Gasteiger partial charge in [-0.25, -0.2) is 4.39 Å². The lowest BCUT2D eigenvalue weighted by atomic mass is 10.2. The maximum atomic E-state index is 13.6. The van der Waals surface area contributed by atoms with E-state index < -0.39 is 5.82 Å². The van der Waals surface area contributed by atoms with Gasteiger partial charge in [-0.3, -0.25) is 9.48 Å². The second kappa shape index (κ2) is 9.23. The number of halogens is 2. The monoisotopic (exact) mass is 485 g/mol. The molecule has 30 heavy (non-hydrogen) atoms. The summed E-state index contributed by atoms with van der Waals surface area (Å²) in [5.41, 5.74) is 1.91. The highest BCUT2D eigenvalue weighted by Crippen LogP contribution is 2.21. The van der Waals surface area contributed by atoms with Crippen LogP contribution in [0.5, 0.6) is 5.75 Å². The topological polar surface area (TPSA) is 56.2 Å².